The number of nitrogens with two attached hydrogens (primary N) is 1. The van der Waals surface area contributed by atoms with E-state index in [1.165, 1.54) is 30.5 Å². The van der Waals surface area contributed by atoms with Crippen LogP contribution in [-0.2, 0) is 13.0 Å². The largest absolute Gasteiger partial charge is 0.326 e. The molecule has 0 unspecified atom stereocenters. The molecule has 2 N–H and O–H groups in total. The zero-order chi connectivity index (χ0) is 14.4. The van der Waals surface area contributed by atoms with E-state index >= 15 is 0 Å². The maximum atomic E-state index is 5.62. The molecule has 1 aromatic carbocycles. The van der Waals surface area contributed by atoms with E-state index in [1.807, 2.05) is 6.20 Å². The number of benzene rings is 1. The Morgan fingerprint density at radius 3 is 2.50 bits per heavy atom. The van der Waals surface area contributed by atoms with Crippen LogP contribution < -0.4 is 5.73 Å². The Balaban J connectivity index is 1.89. The molecule has 0 aliphatic rings. The van der Waals surface area contributed by atoms with Crippen LogP contribution in [0.15, 0.2) is 30.5 Å². The Morgan fingerprint density at radius 1 is 1.15 bits per heavy atom. The van der Waals surface area contributed by atoms with Crippen molar-refractivity contribution in [3.63, 3.8) is 0 Å². The lowest BCUT2D eigenvalue weighted by Crippen LogP contribution is -2.12. The summed E-state index contributed by atoms with van der Waals surface area (Å²) in [4.78, 5) is 7.78. The van der Waals surface area contributed by atoms with Gasteiger partial charge in [-0.2, -0.15) is 0 Å². The zero-order valence-corrected chi connectivity index (χ0v) is 13.1. The lowest BCUT2D eigenvalue weighted by molar-refractivity contribution is 0.394. The van der Waals surface area contributed by atoms with E-state index in [0.29, 0.717) is 6.54 Å². The molecule has 0 fully saturated rings. The molecule has 3 nitrogen and oxygen atoms in total. The first-order valence-electron chi connectivity index (χ1n) is 7.08. The van der Waals surface area contributed by atoms with Crippen LogP contribution in [0.2, 0.25) is 0 Å². The van der Waals surface area contributed by atoms with Crippen molar-refractivity contribution in [2.24, 2.45) is 5.73 Å². The normalized spacial score (nSPS) is 11.2. The van der Waals surface area contributed by atoms with Crippen molar-refractivity contribution in [2.75, 3.05) is 20.6 Å². The fourth-order valence-corrected chi connectivity index (χ4v) is 2.90. The van der Waals surface area contributed by atoms with Crippen molar-refractivity contribution in [2.45, 2.75) is 25.8 Å². The Morgan fingerprint density at radius 2 is 1.90 bits per heavy atom. The molecule has 0 saturated carbocycles. The minimum Gasteiger partial charge on any atom is -0.326 e. The van der Waals surface area contributed by atoms with Crippen molar-refractivity contribution in [1.29, 1.82) is 0 Å². The first-order chi connectivity index (χ1) is 9.69. The smallest absolute Gasteiger partial charge is 0.123 e. The molecule has 0 atom stereocenters. The third-order valence-corrected chi connectivity index (χ3v) is 4.35. The predicted molar refractivity (Wildman–Crippen MR) is 86.9 cm³/mol. The van der Waals surface area contributed by atoms with Gasteiger partial charge in [0.2, 0.25) is 0 Å². The van der Waals surface area contributed by atoms with Crippen molar-refractivity contribution in [3.8, 4) is 10.6 Å². The maximum Gasteiger partial charge on any atom is 0.123 e. The molecule has 4 heteroatoms. The van der Waals surface area contributed by atoms with Gasteiger partial charge in [0.25, 0.3) is 0 Å². The third-order valence-electron chi connectivity index (χ3n) is 3.28. The summed E-state index contributed by atoms with van der Waals surface area (Å²) in [6.45, 7) is 1.74. The Labute approximate surface area is 125 Å². The highest BCUT2D eigenvalue weighted by molar-refractivity contribution is 7.15. The lowest BCUT2D eigenvalue weighted by atomic mass is 10.1. The molecular weight excluding hydrogens is 266 g/mol. The molecule has 20 heavy (non-hydrogen) atoms. The summed E-state index contributed by atoms with van der Waals surface area (Å²) >= 11 is 1.67. The van der Waals surface area contributed by atoms with Crippen LogP contribution in [0.3, 0.4) is 0 Å². The molecule has 0 aliphatic carbocycles. The quantitative estimate of drug-likeness (QED) is 0.796. The molecule has 0 bridgehead atoms. The molecule has 0 saturated heterocycles. The summed E-state index contributed by atoms with van der Waals surface area (Å²) < 4.78 is 0. The van der Waals surface area contributed by atoms with Crippen molar-refractivity contribution >= 4 is 11.3 Å². The average Bonchev–Trinajstić information content (AvgIpc) is 2.93. The predicted octanol–water partition coefficient (Wildman–Crippen LogP) is 3.15. The fraction of sp³-hybridized carbons (Fsp3) is 0.438. The van der Waals surface area contributed by atoms with Crippen molar-refractivity contribution in [1.82, 2.24) is 9.88 Å². The highest BCUT2D eigenvalue weighted by Gasteiger charge is 2.04. The maximum absolute atomic E-state index is 5.62. The number of thiazole rings is 1. The lowest BCUT2D eigenvalue weighted by Gasteiger charge is -2.08. The number of nitrogens with zero attached hydrogens (tertiary/aromatic N) is 2. The molecule has 0 spiro atoms. The first-order valence-corrected chi connectivity index (χ1v) is 7.89. The van der Waals surface area contributed by atoms with Gasteiger partial charge >= 0.3 is 0 Å². The van der Waals surface area contributed by atoms with Gasteiger partial charge in [-0.05, 0) is 45.5 Å². The van der Waals surface area contributed by atoms with E-state index in [0.717, 1.165) is 16.3 Å². The summed E-state index contributed by atoms with van der Waals surface area (Å²) in [5.41, 5.74) is 8.21. The number of aromatic nitrogens is 1. The van der Waals surface area contributed by atoms with Gasteiger partial charge in [0, 0.05) is 23.2 Å². The zero-order valence-electron chi connectivity index (χ0n) is 12.3. The number of hydrogen-bond donors (Lipinski definition) is 1. The molecule has 0 radical (unpaired) electrons. The Hall–Kier alpha value is -1.23. The van der Waals surface area contributed by atoms with Crippen LogP contribution in [0, 0.1) is 0 Å². The van der Waals surface area contributed by atoms with Crippen molar-refractivity contribution < 1.29 is 0 Å². The van der Waals surface area contributed by atoms with Gasteiger partial charge in [-0.25, -0.2) is 4.98 Å². The van der Waals surface area contributed by atoms with Crippen LogP contribution in [0.1, 0.15) is 23.3 Å². The van der Waals surface area contributed by atoms with E-state index < -0.39 is 0 Å². The van der Waals surface area contributed by atoms with Crippen LogP contribution in [0.4, 0.5) is 0 Å². The highest BCUT2D eigenvalue weighted by Crippen LogP contribution is 2.25. The summed E-state index contributed by atoms with van der Waals surface area (Å²) in [5.74, 6) is 0. The molecule has 2 aromatic rings. The summed E-state index contributed by atoms with van der Waals surface area (Å²) in [6.07, 6.45) is 5.52. The van der Waals surface area contributed by atoms with Gasteiger partial charge in [-0.15, -0.1) is 11.3 Å². The van der Waals surface area contributed by atoms with Crippen LogP contribution in [0.5, 0.6) is 0 Å². The molecule has 1 aromatic heterocycles. The monoisotopic (exact) mass is 289 g/mol. The van der Waals surface area contributed by atoms with E-state index in [9.17, 15) is 0 Å². The molecule has 0 aliphatic heterocycles. The van der Waals surface area contributed by atoms with Gasteiger partial charge < -0.3 is 10.6 Å². The average molecular weight is 289 g/mol. The minimum absolute atomic E-state index is 0.571. The molecule has 1 heterocycles. The molecule has 0 amide bonds. The number of rotatable bonds is 7. The number of unbranched alkanes of at least 4 members (excludes halogenated alkanes) is 1. The summed E-state index contributed by atoms with van der Waals surface area (Å²) in [5, 5.41) is 1.06. The third kappa shape index (κ3) is 4.40. The van der Waals surface area contributed by atoms with Crippen LogP contribution >= 0.6 is 11.3 Å². The van der Waals surface area contributed by atoms with Gasteiger partial charge in [0.1, 0.15) is 5.01 Å². The number of hydrogen-bond acceptors (Lipinski definition) is 4. The molecule has 108 valence electrons. The topological polar surface area (TPSA) is 42.2 Å². The second-order valence-corrected chi connectivity index (χ2v) is 6.41. The van der Waals surface area contributed by atoms with Gasteiger partial charge in [-0.3, -0.25) is 0 Å². The first kappa shape index (κ1) is 15.2. The molecule has 2 rings (SSSR count). The standard InChI is InChI=1S/C16H23N3S/c1-19(2)10-4-3-5-13-6-8-14(9-7-13)16-18-12-15(11-17)20-16/h6-9,12H,3-5,10-11,17H2,1-2H3. The van der Waals surface area contributed by atoms with Gasteiger partial charge in [0.05, 0.1) is 0 Å². The Kier molecular flexibility index (Phi) is 5.71. The molecular formula is C16H23N3S. The minimum atomic E-state index is 0.571. The highest BCUT2D eigenvalue weighted by atomic mass is 32.1. The van der Waals surface area contributed by atoms with Crippen molar-refractivity contribution in [3.05, 3.63) is 40.9 Å². The van der Waals surface area contributed by atoms with E-state index in [-0.39, 0.29) is 0 Å². The van der Waals surface area contributed by atoms with Crippen LogP contribution in [-0.4, -0.2) is 30.5 Å². The van der Waals surface area contributed by atoms with Gasteiger partial charge in [0.15, 0.2) is 0 Å². The van der Waals surface area contributed by atoms with Crippen LogP contribution in [0.25, 0.3) is 10.6 Å². The summed E-state index contributed by atoms with van der Waals surface area (Å²) in [7, 11) is 4.25. The van der Waals surface area contributed by atoms with E-state index in [2.05, 4.69) is 48.2 Å². The fourth-order valence-electron chi connectivity index (χ4n) is 2.11. The second-order valence-electron chi connectivity index (χ2n) is 5.29. The van der Waals surface area contributed by atoms with E-state index in [4.69, 9.17) is 5.73 Å². The van der Waals surface area contributed by atoms with Gasteiger partial charge in [-0.1, -0.05) is 24.3 Å². The van der Waals surface area contributed by atoms with E-state index in [1.54, 1.807) is 11.3 Å². The second kappa shape index (κ2) is 7.53. The Bertz CT molecular complexity index is 517. The number of aryl methyl sites for hydroxylation is 1. The summed E-state index contributed by atoms with van der Waals surface area (Å²) in [6, 6.07) is 8.77. The SMILES string of the molecule is CN(C)CCCCc1ccc(-c2ncc(CN)s2)cc1.